The van der Waals surface area contributed by atoms with Gasteiger partial charge in [0.05, 0.1) is 60.7 Å². The first-order valence-electron chi connectivity index (χ1n) is 2.95. The largest absolute Gasteiger partial charge is 0.530 e. The van der Waals surface area contributed by atoms with Crippen LogP contribution in [0, 0.1) is 0 Å². The summed E-state index contributed by atoms with van der Waals surface area (Å²) in [6, 6.07) is 0. The summed E-state index contributed by atoms with van der Waals surface area (Å²) in [6.45, 7) is 0. The van der Waals surface area contributed by atoms with Gasteiger partial charge in [0.1, 0.15) is 6.09 Å². The maximum atomic E-state index is 12.5. The Morgan fingerprint density at radius 1 is 0.938 bits per heavy atom. The highest BCUT2D eigenvalue weighted by Gasteiger charge is 2.61. The molecule has 0 saturated heterocycles. The summed E-state index contributed by atoms with van der Waals surface area (Å²) in [5.41, 5.74) is 0. The molecule has 3 nitrogen and oxygen atoms in total. The molecular formula is C3HF5NO2S5-. The molecule has 96 valence electrons. The van der Waals surface area contributed by atoms with Gasteiger partial charge in [0.2, 0.25) is 7.61 Å². The van der Waals surface area contributed by atoms with Gasteiger partial charge in [0.15, 0.2) is 0 Å². The number of carbonyl (C=O) groups is 1. The maximum Gasteiger partial charge on any atom is 0.246 e. The average Bonchev–Trinajstić information content (AvgIpc) is 2.29. The van der Waals surface area contributed by atoms with Gasteiger partial charge < -0.3 is 15.2 Å². The highest BCUT2D eigenvalue weighted by molar-refractivity contribution is 8.32. The fraction of sp³-hybridized carbons (Fsp3) is 0.667. The Hall–Kier alpha value is 0.670. The van der Waals surface area contributed by atoms with Crippen LogP contribution in [0.25, 0.3) is 0 Å². The van der Waals surface area contributed by atoms with Crippen LogP contribution in [0.4, 0.5) is 24.2 Å². The molecule has 0 aliphatic carbocycles. The van der Waals surface area contributed by atoms with Crippen molar-refractivity contribution >= 4 is 66.8 Å². The lowest BCUT2D eigenvalue weighted by atomic mass is 10.7. The second-order valence-electron chi connectivity index (χ2n) is 1.97. The molecule has 0 aromatic rings. The molecule has 0 spiro atoms. The Balaban J connectivity index is 5.33. The van der Waals surface area contributed by atoms with Crippen molar-refractivity contribution in [3.05, 3.63) is 0 Å². The number of halogens is 5. The summed E-state index contributed by atoms with van der Waals surface area (Å²) in [6.07, 6.45) is -2.21. The lowest BCUT2D eigenvalue weighted by Gasteiger charge is -2.36. The summed E-state index contributed by atoms with van der Waals surface area (Å²) in [7, 11) is 0. The SMILES string of the molecule is O=C([O-])NC(SF)(SF)C(SF)(SF)SF. The molecule has 0 fully saturated rings. The van der Waals surface area contributed by atoms with Crippen molar-refractivity contribution in [3.63, 3.8) is 0 Å². The quantitative estimate of drug-likeness (QED) is 0.564. The molecule has 0 aromatic carbocycles. The van der Waals surface area contributed by atoms with Crippen LogP contribution in [0.5, 0.6) is 0 Å². The number of nitrogens with one attached hydrogen (secondary N) is 1. The first-order valence-corrected chi connectivity index (χ1v) is 6.53. The van der Waals surface area contributed by atoms with E-state index in [2.05, 4.69) is 0 Å². The Kier molecular flexibility index (Phi) is 7.48. The Morgan fingerprint density at radius 3 is 1.50 bits per heavy atom. The molecule has 0 saturated carbocycles. The van der Waals surface area contributed by atoms with Crippen molar-refractivity contribution in [2.75, 3.05) is 0 Å². The first kappa shape index (κ1) is 16.7. The highest BCUT2D eigenvalue weighted by atomic mass is 32.3. The van der Waals surface area contributed by atoms with Crippen molar-refractivity contribution in [2.45, 2.75) is 7.61 Å². The van der Waals surface area contributed by atoms with E-state index in [0.29, 0.717) is 0 Å². The van der Waals surface area contributed by atoms with Crippen LogP contribution < -0.4 is 10.4 Å². The smallest absolute Gasteiger partial charge is 0.246 e. The van der Waals surface area contributed by atoms with E-state index in [1.807, 2.05) is 0 Å². The third kappa shape index (κ3) is 3.11. The molecule has 16 heavy (non-hydrogen) atoms. The van der Waals surface area contributed by atoms with Crippen LogP contribution in [-0.4, -0.2) is 13.7 Å². The maximum absolute atomic E-state index is 12.5. The van der Waals surface area contributed by atoms with Crippen LogP contribution in [0.3, 0.4) is 0 Å². The standard InChI is InChI=1S/C3H2F5NO2S5/c4-12-2(13-5,9-1(10)11)3(14-6,15-7)16-8/h9H,(H,10,11)/p-1. The van der Waals surface area contributed by atoms with E-state index in [-0.39, 0.29) is 0 Å². The second-order valence-corrected chi connectivity index (χ2v) is 6.84. The third-order valence-corrected chi connectivity index (χ3v) is 6.26. The zero-order valence-electron chi connectivity index (χ0n) is 6.75. The van der Waals surface area contributed by atoms with Gasteiger partial charge >= 0.3 is 0 Å². The number of rotatable bonds is 7. The molecule has 0 radical (unpaired) electrons. The summed E-state index contributed by atoms with van der Waals surface area (Å²) in [5, 5.41) is 11.2. The Bertz CT molecular complexity index is 230. The number of hydrogen-bond acceptors (Lipinski definition) is 7. The van der Waals surface area contributed by atoms with Crippen molar-refractivity contribution in [3.8, 4) is 0 Å². The van der Waals surface area contributed by atoms with E-state index in [1.54, 1.807) is 0 Å². The van der Waals surface area contributed by atoms with E-state index < -0.39 is 74.4 Å². The van der Waals surface area contributed by atoms with Gasteiger partial charge in [-0.25, -0.2) is 0 Å². The van der Waals surface area contributed by atoms with Crippen LogP contribution in [-0.2, 0) is 0 Å². The van der Waals surface area contributed by atoms with E-state index >= 15 is 0 Å². The van der Waals surface area contributed by atoms with Gasteiger partial charge in [0.25, 0.3) is 0 Å². The fourth-order valence-corrected chi connectivity index (χ4v) is 2.95. The summed E-state index contributed by atoms with van der Waals surface area (Å²) in [5.74, 6) is 0. The number of carbonyl (C=O) groups excluding carboxylic acids is 1. The summed E-state index contributed by atoms with van der Waals surface area (Å²) in [4.78, 5) is 10.1. The van der Waals surface area contributed by atoms with Gasteiger partial charge in [0, 0.05) is 0 Å². The fourth-order valence-electron chi connectivity index (χ4n) is 0.544. The summed E-state index contributed by atoms with van der Waals surface area (Å²) < 4.78 is 56.1. The molecule has 0 atom stereocenters. The second kappa shape index (κ2) is 7.18. The van der Waals surface area contributed by atoms with E-state index in [9.17, 15) is 29.3 Å². The van der Waals surface area contributed by atoms with Gasteiger partial charge in [-0.2, -0.15) is 19.4 Å². The number of carboxylic acid groups (broad SMARTS) is 1. The molecule has 0 aliphatic heterocycles. The van der Waals surface area contributed by atoms with Crippen molar-refractivity contribution in [1.29, 1.82) is 0 Å². The zero-order valence-corrected chi connectivity index (χ0v) is 10.8. The van der Waals surface area contributed by atoms with Gasteiger partial charge in [-0.05, 0) is 0 Å². The van der Waals surface area contributed by atoms with E-state index in [1.165, 1.54) is 0 Å². The van der Waals surface area contributed by atoms with E-state index in [0.717, 1.165) is 5.32 Å². The lowest BCUT2D eigenvalue weighted by molar-refractivity contribution is -0.251. The van der Waals surface area contributed by atoms with Crippen molar-refractivity contribution in [1.82, 2.24) is 5.32 Å². The van der Waals surface area contributed by atoms with Gasteiger partial charge in [-0.3, -0.25) is 0 Å². The summed E-state index contributed by atoms with van der Waals surface area (Å²) >= 11 is -5.45. The molecule has 1 amide bonds. The minimum absolute atomic E-state index is 1.08. The van der Waals surface area contributed by atoms with Crippen molar-refractivity contribution < 1.29 is 29.3 Å². The van der Waals surface area contributed by atoms with Gasteiger partial charge in [-0.1, -0.05) is 0 Å². The number of amides is 1. The molecule has 0 heterocycles. The zero-order chi connectivity index (χ0) is 12.8. The predicted octanol–water partition coefficient (Wildman–Crippen LogP) is 3.32. The van der Waals surface area contributed by atoms with E-state index in [4.69, 9.17) is 0 Å². The first-order chi connectivity index (χ1) is 7.47. The predicted molar refractivity (Wildman–Crippen MR) is 57.5 cm³/mol. The van der Waals surface area contributed by atoms with Crippen LogP contribution in [0.2, 0.25) is 0 Å². The highest BCUT2D eigenvalue weighted by Crippen LogP contribution is 2.63. The molecule has 0 rings (SSSR count). The van der Waals surface area contributed by atoms with Gasteiger partial charge in [-0.15, -0.1) is 0 Å². The lowest BCUT2D eigenvalue weighted by Crippen LogP contribution is -2.57. The molecule has 0 bridgehead atoms. The average molecular weight is 338 g/mol. The van der Waals surface area contributed by atoms with Crippen LogP contribution >= 0.6 is 60.7 Å². The Labute approximate surface area is 109 Å². The molecule has 13 heteroatoms. The van der Waals surface area contributed by atoms with Crippen LogP contribution in [0.15, 0.2) is 0 Å². The molecular weight excluding hydrogens is 337 g/mol. The Morgan fingerprint density at radius 2 is 1.31 bits per heavy atom. The minimum Gasteiger partial charge on any atom is -0.530 e. The molecule has 0 unspecified atom stereocenters. The molecule has 0 aliphatic rings. The van der Waals surface area contributed by atoms with Crippen molar-refractivity contribution in [2.24, 2.45) is 0 Å². The normalized spacial score (nSPS) is 12.6. The third-order valence-electron chi connectivity index (χ3n) is 1.19. The number of hydrogen-bond donors (Lipinski definition) is 1. The molecule has 1 N–H and O–H groups in total. The van der Waals surface area contributed by atoms with Crippen LogP contribution in [0.1, 0.15) is 0 Å². The minimum atomic E-state index is -3.08. The molecule has 0 aromatic heterocycles. The monoisotopic (exact) mass is 338 g/mol. The topological polar surface area (TPSA) is 52.2 Å².